The minimum atomic E-state index is -0.287. The predicted octanol–water partition coefficient (Wildman–Crippen LogP) is 4.10. The number of nitrogens with one attached hydrogen (secondary N) is 2. The monoisotopic (exact) mass is 600 g/mol. The molecule has 1 aliphatic rings. The average molecular weight is 601 g/mol. The largest absolute Gasteiger partial charge is 0.395 e. The van der Waals surface area contributed by atoms with Gasteiger partial charge in [0, 0.05) is 38.1 Å². The number of imidazole rings is 1. The number of amides is 2. The summed E-state index contributed by atoms with van der Waals surface area (Å²) >= 11 is 1.33. The zero-order chi connectivity index (χ0) is 30.5. The van der Waals surface area contributed by atoms with Crippen molar-refractivity contribution in [1.82, 2.24) is 29.5 Å². The van der Waals surface area contributed by atoms with Gasteiger partial charge in [-0.1, -0.05) is 26.0 Å². The molecule has 0 bridgehead atoms. The van der Waals surface area contributed by atoms with E-state index in [4.69, 9.17) is 4.98 Å². The summed E-state index contributed by atoms with van der Waals surface area (Å²) in [6, 6.07) is 13.2. The minimum absolute atomic E-state index is 0.0361. The molecule has 0 unspecified atom stereocenters. The van der Waals surface area contributed by atoms with E-state index in [0.717, 1.165) is 28.9 Å². The maximum absolute atomic E-state index is 13.4. The lowest BCUT2D eigenvalue weighted by atomic mass is 10.1. The third kappa shape index (κ3) is 6.85. The molecule has 5 rings (SSSR count). The average Bonchev–Trinajstić information content (AvgIpc) is 3.81. The maximum atomic E-state index is 13.4. The van der Waals surface area contributed by atoms with Crippen LogP contribution in [0.25, 0.3) is 16.0 Å². The number of allylic oxidation sites excluding steroid dienone is 1. The van der Waals surface area contributed by atoms with E-state index in [9.17, 15) is 20.0 Å². The number of benzene rings is 1. The molecule has 2 amide bonds. The number of thiophene rings is 1. The summed E-state index contributed by atoms with van der Waals surface area (Å²) in [7, 11) is 0. The molecule has 0 saturated carbocycles. The first-order chi connectivity index (χ1) is 20.8. The summed E-state index contributed by atoms with van der Waals surface area (Å²) in [5.74, 6) is -0.0796. The third-order valence-electron chi connectivity index (χ3n) is 7.39. The Morgan fingerprint density at radius 2 is 2.09 bits per heavy atom. The highest BCUT2D eigenvalue weighted by Gasteiger charge is 2.32. The summed E-state index contributed by atoms with van der Waals surface area (Å²) in [5.41, 5.74) is 2.69. The summed E-state index contributed by atoms with van der Waals surface area (Å²) in [5, 5.41) is 30.4. The van der Waals surface area contributed by atoms with Gasteiger partial charge < -0.3 is 19.9 Å². The minimum Gasteiger partial charge on any atom is -0.395 e. The van der Waals surface area contributed by atoms with Crippen LogP contribution in [0.2, 0.25) is 0 Å². The van der Waals surface area contributed by atoms with Crippen LogP contribution < -0.4 is 10.6 Å². The van der Waals surface area contributed by atoms with Gasteiger partial charge in [-0.05, 0) is 61.6 Å². The molecule has 224 valence electrons. The molecule has 4 aromatic rings. The fourth-order valence-electron chi connectivity index (χ4n) is 5.21. The molecule has 1 aromatic carbocycles. The van der Waals surface area contributed by atoms with Crippen LogP contribution in [-0.2, 0) is 17.9 Å². The Labute approximate surface area is 254 Å². The number of carbonyl (C=O) groups is 2. The van der Waals surface area contributed by atoms with Gasteiger partial charge in [0.2, 0.25) is 5.95 Å². The van der Waals surface area contributed by atoms with Crippen molar-refractivity contribution in [3.05, 3.63) is 70.9 Å². The molecular formula is C31H36N8O3S. The van der Waals surface area contributed by atoms with Gasteiger partial charge in [-0.25, -0.2) is 9.67 Å². The lowest BCUT2D eigenvalue weighted by molar-refractivity contribution is -0.127. The van der Waals surface area contributed by atoms with Crippen LogP contribution in [-0.4, -0.2) is 66.4 Å². The van der Waals surface area contributed by atoms with Gasteiger partial charge in [0.05, 0.1) is 28.6 Å². The standard InChI is InChI=1S/C31H36N8O3S/c1-20(2)14-23(16-32)30(42)37-12-4-6-24(37)18-38-26-8-7-22(17-33-21(3)19-40)15-25(26)35-31(38)36-29(41)27-9-10-28(43-27)39-13-5-11-34-39/h5,7-11,13-15,20-21,24,33,40H,4,6,12,17-19H2,1-3H3,(H,35,36,41)/t21-,24-/m1/s1. The Bertz CT molecular complexity index is 1660. The van der Waals surface area contributed by atoms with Crippen LogP contribution in [0.5, 0.6) is 0 Å². The van der Waals surface area contributed by atoms with E-state index in [0.29, 0.717) is 36.0 Å². The summed E-state index contributed by atoms with van der Waals surface area (Å²) in [6.45, 7) is 7.37. The van der Waals surface area contributed by atoms with Crippen LogP contribution in [0.4, 0.5) is 5.95 Å². The van der Waals surface area contributed by atoms with Gasteiger partial charge in [-0.2, -0.15) is 10.4 Å². The van der Waals surface area contributed by atoms with Crippen molar-refractivity contribution in [1.29, 1.82) is 5.26 Å². The van der Waals surface area contributed by atoms with Gasteiger partial charge in [0.15, 0.2) is 0 Å². The van der Waals surface area contributed by atoms with Gasteiger partial charge in [0.25, 0.3) is 11.8 Å². The zero-order valence-electron chi connectivity index (χ0n) is 24.5. The fourth-order valence-corrected chi connectivity index (χ4v) is 6.05. The summed E-state index contributed by atoms with van der Waals surface area (Å²) in [6.07, 6.45) is 6.82. The summed E-state index contributed by atoms with van der Waals surface area (Å²) in [4.78, 5) is 33.9. The topological polar surface area (TPSA) is 141 Å². The first kappa shape index (κ1) is 30.2. The number of carbonyl (C=O) groups excluding carboxylic acids is 2. The van der Waals surface area contributed by atoms with Gasteiger partial charge in [-0.15, -0.1) is 11.3 Å². The molecule has 43 heavy (non-hydrogen) atoms. The Balaban J connectivity index is 1.45. The Morgan fingerprint density at radius 3 is 2.81 bits per heavy atom. The maximum Gasteiger partial charge on any atom is 0.268 e. The van der Waals surface area contributed by atoms with Crippen molar-refractivity contribution < 1.29 is 14.7 Å². The molecule has 3 N–H and O–H groups in total. The van der Waals surface area contributed by atoms with Crippen LogP contribution in [0, 0.1) is 17.2 Å². The van der Waals surface area contributed by atoms with Crippen molar-refractivity contribution in [2.45, 2.75) is 58.8 Å². The second-order valence-electron chi connectivity index (χ2n) is 11.1. The molecular weight excluding hydrogens is 564 g/mol. The van der Waals surface area contributed by atoms with Crippen molar-refractivity contribution in [3.63, 3.8) is 0 Å². The van der Waals surface area contributed by atoms with E-state index in [-0.39, 0.29) is 42.0 Å². The third-order valence-corrected chi connectivity index (χ3v) is 8.47. The van der Waals surface area contributed by atoms with Crippen molar-refractivity contribution in [2.24, 2.45) is 5.92 Å². The van der Waals surface area contributed by atoms with Crippen LogP contribution in [0.1, 0.15) is 48.8 Å². The SMILES string of the molecule is CC(C)C=C(C#N)C(=O)N1CCC[C@@H]1Cn1c(NC(=O)c2ccc(-n3cccn3)s2)nc2cc(CN[C@H](C)CO)ccc21. The second kappa shape index (κ2) is 13.3. The molecule has 0 radical (unpaired) electrons. The number of anilines is 1. The normalized spacial score (nSPS) is 16.1. The highest BCUT2D eigenvalue weighted by molar-refractivity contribution is 7.16. The molecule has 1 aliphatic heterocycles. The van der Waals surface area contributed by atoms with E-state index in [1.807, 2.05) is 61.9 Å². The number of aliphatic hydroxyl groups excluding tert-OH is 1. The molecule has 12 heteroatoms. The molecule has 0 spiro atoms. The van der Waals surface area contributed by atoms with Crippen LogP contribution in [0.15, 0.2) is 60.4 Å². The molecule has 2 atom stereocenters. The Morgan fingerprint density at radius 1 is 1.26 bits per heavy atom. The fraction of sp³-hybridized carbons (Fsp3) is 0.387. The summed E-state index contributed by atoms with van der Waals surface area (Å²) < 4.78 is 3.66. The number of hydrogen-bond acceptors (Lipinski definition) is 8. The Hall–Kier alpha value is -4.31. The van der Waals surface area contributed by atoms with Crippen LogP contribution in [0.3, 0.4) is 0 Å². The second-order valence-corrected chi connectivity index (χ2v) is 12.2. The van der Waals surface area contributed by atoms with Gasteiger partial charge in [-0.3, -0.25) is 14.9 Å². The van der Waals surface area contributed by atoms with E-state index < -0.39 is 0 Å². The van der Waals surface area contributed by atoms with Gasteiger partial charge in [0.1, 0.15) is 16.6 Å². The van der Waals surface area contributed by atoms with Crippen molar-refractivity contribution >= 4 is 40.1 Å². The smallest absolute Gasteiger partial charge is 0.268 e. The number of nitrogens with zero attached hydrogens (tertiary/aromatic N) is 6. The molecule has 1 saturated heterocycles. The molecule has 11 nitrogen and oxygen atoms in total. The lowest BCUT2D eigenvalue weighted by Gasteiger charge is -2.26. The van der Waals surface area contributed by atoms with E-state index >= 15 is 0 Å². The van der Waals surface area contributed by atoms with Crippen molar-refractivity contribution in [2.75, 3.05) is 18.5 Å². The number of hydrogen-bond donors (Lipinski definition) is 3. The number of nitriles is 1. The first-order valence-corrected chi connectivity index (χ1v) is 15.3. The number of rotatable bonds is 11. The van der Waals surface area contributed by atoms with E-state index in [1.165, 1.54) is 11.3 Å². The first-order valence-electron chi connectivity index (χ1n) is 14.4. The van der Waals surface area contributed by atoms with E-state index in [1.54, 1.807) is 27.9 Å². The molecule has 1 fully saturated rings. The lowest BCUT2D eigenvalue weighted by Crippen LogP contribution is -2.39. The highest BCUT2D eigenvalue weighted by Crippen LogP contribution is 2.28. The van der Waals surface area contributed by atoms with Crippen LogP contribution >= 0.6 is 11.3 Å². The predicted molar refractivity (Wildman–Crippen MR) is 166 cm³/mol. The number of fused-ring (bicyclic) bond motifs is 1. The van der Waals surface area contributed by atoms with E-state index in [2.05, 4.69) is 21.8 Å². The van der Waals surface area contributed by atoms with Gasteiger partial charge >= 0.3 is 0 Å². The quantitative estimate of drug-likeness (QED) is 0.174. The molecule has 0 aliphatic carbocycles. The number of aromatic nitrogens is 4. The van der Waals surface area contributed by atoms with Crippen molar-refractivity contribution in [3.8, 4) is 11.1 Å². The number of aliphatic hydroxyl groups is 1. The zero-order valence-corrected chi connectivity index (χ0v) is 25.3. The Kier molecular flexibility index (Phi) is 9.35. The molecule has 4 heterocycles. The molecule has 3 aromatic heterocycles. The number of likely N-dealkylation sites (tertiary alicyclic amines) is 1. The highest BCUT2D eigenvalue weighted by atomic mass is 32.1.